The van der Waals surface area contributed by atoms with E-state index < -0.39 is 0 Å². The van der Waals surface area contributed by atoms with Gasteiger partial charge < -0.3 is 14.8 Å². The van der Waals surface area contributed by atoms with Gasteiger partial charge in [-0.1, -0.05) is 6.92 Å². The molecule has 2 aromatic rings. The molecule has 0 aliphatic rings. The SMILES string of the molecule is CCNC(=NCCn1cnnc1CC)N(C)Cc1ccsc1.I. The molecular formula is C15H25IN6S. The maximum absolute atomic E-state index is 4.70. The molecule has 0 amide bonds. The molecule has 0 fully saturated rings. The highest BCUT2D eigenvalue weighted by Gasteiger charge is 2.07. The van der Waals surface area contributed by atoms with Crippen LogP contribution in [0.3, 0.4) is 0 Å². The van der Waals surface area contributed by atoms with Gasteiger partial charge in [0.25, 0.3) is 0 Å². The van der Waals surface area contributed by atoms with E-state index in [0.717, 1.165) is 37.8 Å². The molecule has 0 unspecified atom stereocenters. The minimum atomic E-state index is 0. The number of aliphatic imine (C=N–C) groups is 1. The number of nitrogens with one attached hydrogen (secondary N) is 1. The number of aryl methyl sites for hydroxylation is 1. The average molecular weight is 448 g/mol. The Labute approximate surface area is 159 Å². The van der Waals surface area contributed by atoms with Gasteiger partial charge in [0, 0.05) is 33.1 Å². The first-order valence-corrected chi connectivity index (χ1v) is 8.56. The molecule has 0 radical (unpaired) electrons. The van der Waals surface area contributed by atoms with Crippen molar-refractivity contribution in [1.29, 1.82) is 0 Å². The number of nitrogens with zero attached hydrogens (tertiary/aromatic N) is 5. The quantitative estimate of drug-likeness (QED) is 0.402. The van der Waals surface area contributed by atoms with Crippen LogP contribution in [0.2, 0.25) is 0 Å². The Bertz CT molecular complexity index is 581. The van der Waals surface area contributed by atoms with Gasteiger partial charge in [0.2, 0.25) is 0 Å². The fourth-order valence-electron chi connectivity index (χ4n) is 2.20. The Morgan fingerprint density at radius 2 is 2.26 bits per heavy atom. The summed E-state index contributed by atoms with van der Waals surface area (Å²) in [5.41, 5.74) is 1.31. The largest absolute Gasteiger partial charge is 0.357 e. The van der Waals surface area contributed by atoms with E-state index in [9.17, 15) is 0 Å². The predicted molar refractivity (Wildman–Crippen MR) is 107 cm³/mol. The van der Waals surface area contributed by atoms with Crippen LogP contribution in [0.1, 0.15) is 25.2 Å². The summed E-state index contributed by atoms with van der Waals surface area (Å²) in [5.74, 6) is 1.94. The number of aromatic nitrogens is 3. The zero-order valence-electron chi connectivity index (χ0n) is 13.9. The molecule has 1 N–H and O–H groups in total. The van der Waals surface area contributed by atoms with E-state index in [0.29, 0.717) is 6.54 Å². The van der Waals surface area contributed by atoms with Crippen molar-refractivity contribution >= 4 is 41.3 Å². The third-order valence-corrected chi connectivity index (χ3v) is 4.04. The molecule has 0 aromatic carbocycles. The van der Waals surface area contributed by atoms with Crippen molar-refractivity contribution in [1.82, 2.24) is 25.0 Å². The van der Waals surface area contributed by atoms with Gasteiger partial charge in [-0.25, -0.2) is 0 Å². The molecule has 0 bridgehead atoms. The third-order valence-electron chi connectivity index (χ3n) is 3.31. The normalized spacial score (nSPS) is 11.2. The third kappa shape index (κ3) is 6.09. The van der Waals surface area contributed by atoms with Gasteiger partial charge in [0.05, 0.1) is 6.54 Å². The molecule has 2 heterocycles. The summed E-state index contributed by atoms with van der Waals surface area (Å²) in [5, 5.41) is 15.7. The Morgan fingerprint density at radius 1 is 1.43 bits per heavy atom. The van der Waals surface area contributed by atoms with Crippen LogP contribution < -0.4 is 5.32 Å². The molecule has 0 aliphatic carbocycles. The van der Waals surface area contributed by atoms with Crippen molar-refractivity contribution in [3.8, 4) is 0 Å². The van der Waals surface area contributed by atoms with Gasteiger partial charge in [0.1, 0.15) is 12.2 Å². The summed E-state index contributed by atoms with van der Waals surface area (Å²) in [6.07, 6.45) is 2.66. The van der Waals surface area contributed by atoms with Crippen LogP contribution in [0.5, 0.6) is 0 Å². The maximum Gasteiger partial charge on any atom is 0.194 e. The molecule has 128 valence electrons. The van der Waals surface area contributed by atoms with Crippen molar-refractivity contribution in [2.24, 2.45) is 4.99 Å². The second kappa shape index (κ2) is 10.6. The Kier molecular flexibility index (Phi) is 9.15. The summed E-state index contributed by atoms with van der Waals surface area (Å²) >= 11 is 1.72. The lowest BCUT2D eigenvalue weighted by Gasteiger charge is -2.21. The van der Waals surface area contributed by atoms with Crippen molar-refractivity contribution < 1.29 is 0 Å². The standard InChI is InChI=1S/C15H24N6S.HI/c1-4-14-19-18-12-21(14)8-7-17-15(16-5-2)20(3)10-13-6-9-22-11-13;/h6,9,11-12H,4-5,7-8,10H2,1-3H3,(H,16,17);1H. The van der Waals surface area contributed by atoms with Crippen molar-refractivity contribution in [2.75, 3.05) is 20.1 Å². The number of hydrogen-bond donors (Lipinski definition) is 1. The van der Waals surface area contributed by atoms with Crippen LogP contribution in [0.25, 0.3) is 0 Å². The molecular weight excluding hydrogens is 423 g/mol. The topological polar surface area (TPSA) is 58.3 Å². The average Bonchev–Trinajstić information content (AvgIpc) is 3.17. The minimum absolute atomic E-state index is 0. The fourth-order valence-corrected chi connectivity index (χ4v) is 2.86. The Hall–Kier alpha value is -1.16. The monoisotopic (exact) mass is 448 g/mol. The van der Waals surface area contributed by atoms with Crippen LogP contribution in [0.4, 0.5) is 0 Å². The minimum Gasteiger partial charge on any atom is -0.357 e. The van der Waals surface area contributed by atoms with Crippen LogP contribution in [0.15, 0.2) is 28.1 Å². The lowest BCUT2D eigenvalue weighted by Crippen LogP contribution is -2.38. The van der Waals surface area contributed by atoms with Crippen LogP contribution in [0, 0.1) is 0 Å². The highest BCUT2D eigenvalue weighted by Crippen LogP contribution is 2.08. The number of rotatable bonds is 7. The number of thiophene rings is 1. The summed E-state index contributed by atoms with van der Waals surface area (Å²) in [6.45, 7) is 7.41. The van der Waals surface area contributed by atoms with Crippen molar-refractivity contribution in [3.05, 3.63) is 34.5 Å². The summed E-state index contributed by atoms with van der Waals surface area (Å²) in [6, 6.07) is 2.15. The zero-order chi connectivity index (χ0) is 15.8. The molecule has 2 rings (SSSR count). The first-order chi connectivity index (χ1) is 10.7. The van der Waals surface area contributed by atoms with E-state index in [2.05, 4.69) is 62.7 Å². The first-order valence-electron chi connectivity index (χ1n) is 7.61. The van der Waals surface area contributed by atoms with Gasteiger partial charge in [-0.05, 0) is 29.3 Å². The molecule has 0 spiro atoms. The van der Waals surface area contributed by atoms with Crippen LogP contribution in [-0.4, -0.2) is 45.8 Å². The molecule has 0 atom stereocenters. The number of hydrogen-bond acceptors (Lipinski definition) is 4. The van der Waals surface area contributed by atoms with E-state index in [4.69, 9.17) is 4.99 Å². The van der Waals surface area contributed by atoms with Gasteiger partial charge in [-0.2, -0.15) is 11.3 Å². The molecule has 0 aliphatic heterocycles. The first kappa shape index (κ1) is 19.9. The maximum atomic E-state index is 4.70. The van der Waals surface area contributed by atoms with E-state index in [1.54, 1.807) is 17.7 Å². The van der Waals surface area contributed by atoms with E-state index >= 15 is 0 Å². The summed E-state index contributed by atoms with van der Waals surface area (Å²) < 4.78 is 2.06. The van der Waals surface area contributed by atoms with E-state index in [1.165, 1.54) is 5.56 Å². The molecule has 0 saturated heterocycles. The fraction of sp³-hybridized carbons (Fsp3) is 0.533. The molecule has 23 heavy (non-hydrogen) atoms. The second-order valence-electron chi connectivity index (χ2n) is 5.02. The summed E-state index contributed by atoms with van der Waals surface area (Å²) in [7, 11) is 2.06. The Balaban J connectivity index is 0.00000264. The van der Waals surface area contributed by atoms with Crippen molar-refractivity contribution in [2.45, 2.75) is 33.4 Å². The van der Waals surface area contributed by atoms with E-state index in [-0.39, 0.29) is 24.0 Å². The molecule has 2 aromatic heterocycles. The zero-order valence-corrected chi connectivity index (χ0v) is 17.0. The number of guanidine groups is 1. The smallest absolute Gasteiger partial charge is 0.194 e. The van der Waals surface area contributed by atoms with Crippen LogP contribution in [-0.2, 0) is 19.5 Å². The molecule has 8 heteroatoms. The summed E-state index contributed by atoms with van der Waals surface area (Å²) in [4.78, 5) is 6.85. The molecule has 0 saturated carbocycles. The Morgan fingerprint density at radius 3 is 2.91 bits per heavy atom. The lowest BCUT2D eigenvalue weighted by atomic mass is 10.3. The van der Waals surface area contributed by atoms with Gasteiger partial charge in [0.15, 0.2) is 5.96 Å². The lowest BCUT2D eigenvalue weighted by molar-refractivity contribution is 0.476. The van der Waals surface area contributed by atoms with Gasteiger partial charge in [-0.3, -0.25) is 4.99 Å². The van der Waals surface area contributed by atoms with E-state index in [1.807, 2.05) is 0 Å². The van der Waals surface area contributed by atoms with Gasteiger partial charge >= 0.3 is 0 Å². The van der Waals surface area contributed by atoms with Crippen molar-refractivity contribution in [3.63, 3.8) is 0 Å². The van der Waals surface area contributed by atoms with Crippen LogP contribution >= 0.6 is 35.3 Å². The predicted octanol–water partition coefficient (Wildman–Crippen LogP) is 2.62. The number of halogens is 1. The molecule has 6 nitrogen and oxygen atoms in total. The van der Waals surface area contributed by atoms with Gasteiger partial charge in [-0.15, -0.1) is 34.2 Å². The second-order valence-corrected chi connectivity index (χ2v) is 5.80. The highest BCUT2D eigenvalue weighted by molar-refractivity contribution is 14.0. The highest BCUT2D eigenvalue weighted by atomic mass is 127.